The molecule has 0 heterocycles. The zero-order chi connectivity index (χ0) is 26.2. The van der Waals surface area contributed by atoms with E-state index >= 15 is 0 Å². The lowest BCUT2D eigenvalue weighted by Gasteiger charge is -2.32. The van der Waals surface area contributed by atoms with Gasteiger partial charge in [-0.3, -0.25) is 19.7 Å². The molecule has 1 unspecified atom stereocenters. The van der Waals surface area contributed by atoms with Crippen molar-refractivity contribution >= 4 is 17.5 Å². The Hall–Kier alpha value is -4.00. The van der Waals surface area contributed by atoms with Crippen molar-refractivity contribution < 1.29 is 14.5 Å². The number of rotatable bonds is 10. The highest BCUT2D eigenvalue weighted by molar-refractivity contribution is 5.89. The first-order valence-electron chi connectivity index (χ1n) is 12.8. The summed E-state index contributed by atoms with van der Waals surface area (Å²) in [5, 5.41) is 14.8. The lowest BCUT2D eigenvalue weighted by molar-refractivity contribution is -0.385. The molecular weight excluding hydrogens is 466 g/mol. The molecule has 0 aliphatic heterocycles. The Balaban J connectivity index is 1.68. The summed E-state index contributed by atoms with van der Waals surface area (Å²) in [5.74, 6) is -0.504. The molecule has 0 radical (unpaired) electrons. The lowest BCUT2D eigenvalue weighted by Crippen LogP contribution is -2.52. The first kappa shape index (κ1) is 26.1. The minimum absolute atomic E-state index is 0.0962. The van der Waals surface area contributed by atoms with Gasteiger partial charge in [-0.05, 0) is 30.9 Å². The van der Waals surface area contributed by atoms with Crippen LogP contribution in [0.3, 0.4) is 0 Å². The molecule has 7 heteroatoms. The first-order valence-corrected chi connectivity index (χ1v) is 12.8. The third kappa shape index (κ3) is 7.03. The van der Waals surface area contributed by atoms with E-state index in [4.69, 9.17) is 0 Å². The van der Waals surface area contributed by atoms with Gasteiger partial charge in [-0.1, -0.05) is 91.2 Å². The summed E-state index contributed by atoms with van der Waals surface area (Å²) in [6, 6.07) is 23.2. The highest BCUT2D eigenvalue weighted by Gasteiger charge is 2.33. The SMILES string of the molecule is Cc1ccc(CN(C(=O)Cc2ccccc2[N+](=O)[O-])C(Cc2ccccc2)C(=O)NC2CCCC2)cc1. The van der Waals surface area contributed by atoms with E-state index in [1.807, 2.05) is 61.5 Å². The molecule has 2 amide bonds. The van der Waals surface area contributed by atoms with Crippen LogP contribution < -0.4 is 5.32 Å². The number of nitrogens with zero attached hydrogens (tertiary/aromatic N) is 2. The molecular formula is C30H33N3O4. The van der Waals surface area contributed by atoms with E-state index in [9.17, 15) is 19.7 Å². The topological polar surface area (TPSA) is 92.6 Å². The minimum Gasteiger partial charge on any atom is -0.352 e. The van der Waals surface area contributed by atoms with Gasteiger partial charge < -0.3 is 10.2 Å². The molecule has 1 aliphatic rings. The Morgan fingerprint density at radius 2 is 1.59 bits per heavy atom. The highest BCUT2D eigenvalue weighted by Crippen LogP contribution is 2.23. The smallest absolute Gasteiger partial charge is 0.273 e. The van der Waals surface area contributed by atoms with Crippen LogP contribution >= 0.6 is 0 Å². The van der Waals surface area contributed by atoms with E-state index in [1.165, 1.54) is 6.07 Å². The number of hydrogen-bond donors (Lipinski definition) is 1. The Bertz CT molecular complexity index is 1220. The minimum atomic E-state index is -0.750. The van der Waals surface area contributed by atoms with Crippen LogP contribution in [0.25, 0.3) is 0 Å². The van der Waals surface area contributed by atoms with Crippen molar-refractivity contribution in [3.63, 3.8) is 0 Å². The molecule has 7 nitrogen and oxygen atoms in total. The third-order valence-electron chi connectivity index (χ3n) is 6.98. The van der Waals surface area contributed by atoms with Gasteiger partial charge in [0.15, 0.2) is 0 Å². The molecule has 3 aromatic rings. The van der Waals surface area contributed by atoms with E-state index in [0.29, 0.717) is 12.0 Å². The molecule has 3 aromatic carbocycles. The van der Waals surface area contributed by atoms with E-state index in [2.05, 4.69) is 5.32 Å². The van der Waals surface area contributed by atoms with Crippen molar-refractivity contribution in [1.82, 2.24) is 10.2 Å². The molecule has 37 heavy (non-hydrogen) atoms. The van der Waals surface area contributed by atoms with Gasteiger partial charge in [0.1, 0.15) is 6.04 Å². The summed E-state index contributed by atoms with van der Waals surface area (Å²) < 4.78 is 0. The van der Waals surface area contributed by atoms with Crippen molar-refractivity contribution in [2.75, 3.05) is 0 Å². The molecule has 1 saturated carbocycles. The monoisotopic (exact) mass is 499 g/mol. The first-order chi connectivity index (χ1) is 17.9. The second-order valence-electron chi connectivity index (χ2n) is 9.77. The second kappa shape index (κ2) is 12.3. The predicted octanol–water partition coefficient (Wildman–Crippen LogP) is 5.14. The van der Waals surface area contributed by atoms with Crippen LogP contribution in [0.15, 0.2) is 78.9 Å². The number of hydrogen-bond acceptors (Lipinski definition) is 4. The number of nitro groups is 1. The fraction of sp³-hybridized carbons (Fsp3) is 0.333. The number of carbonyl (C=O) groups is 2. The van der Waals surface area contributed by atoms with Crippen LogP contribution in [0.1, 0.15) is 47.9 Å². The van der Waals surface area contributed by atoms with Gasteiger partial charge in [0.25, 0.3) is 5.69 Å². The maximum Gasteiger partial charge on any atom is 0.273 e. The van der Waals surface area contributed by atoms with Crippen molar-refractivity contribution in [1.29, 1.82) is 0 Å². The van der Waals surface area contributed by atoms with Gasteiger partial charge in [0.2, 0.25) is 11.8 Å². The quantitative estimate of drug-likeness (QED) is 0.309. The molecule has 1 fully saturated rings. The zero-order valence-electron chi connectivity index (χ0n) is 21.1. The number of para-hydroxylation sites is 1. The van der Waals surface area contributed by atoms with Crippen LogP contribution in [0.4, 0.5) is 5.69 Å². The van der Waals surface area contributed by atoms with Crippen molar-refractivity contribution in [2.45, 2.75) is 64.1 Å². The Kier molecular flexibility index (Phi) is 8.67. The van der Waals surface area contributed by atoms with Crippen LogP contribution in [0, 0.1) is 17.0 Å². The van der Waals surface area contributed by atoms with Crippen LogP contribution in [-0.2, 0) is 29.0 Å². The van der Waals surface area contributed by atoms with E-state index < -0.39 is 11.0 Å². The average molecular weight is 500 g/mol. The molecule has 0 aromatic heterocycles. The van der Waals surface area contributed by atoms with Gasteiger partial charge >= 0.3 is 0 Å². The molecule has 1 N–H and O–H groups in total. The number of nitro benzene ring substituents is 1. The van der Waals surface area contributed by atoms with E-state index in [1.54, 1.807) is 23.1 Å². The highest BCUT2D eigenvalue weighted by atomic mass is 16.6. The maximum absolute atomic E-state index is 13.9. The van der Waals surface area contributed by atoms with Gasteiger partial charge in [-0.25, -0.2) is 0 Å². The molecule has 0 spiro atoms. The maximum atomic E-state index is 13.9. The van der Waals surface area contributed by atoms with E-state index in [0.717, 1.165) is 42.4 Å². The number of benzene rings is 3. The van der Waals surface area contributed by atoms with Crippen LogP contribution in [-0.4, -0.2) is 33.7 Å². The third-order valence-corrected chi connectivity index (χ3v) is 6.98. The Morgan fingerprint density at radius 3 is 2.27 bits per heavy atom. The summed E-state index contributed by atoms with van der Waals surface area (Å²) in [6.07, 6.45) is 4.23. The number of amides is 2. The van der Waals surface area contributed by atoms with Gasteiger partial charge in [-0.2, -0.15) is 0 Å². The Morgan fingerprint density at radius 1 is 0.946 bits per heavy atom. The standard InChI is InChI=1S/C30H33N3O4/c1-22-15-17-24(18-16-22)21-32(29(34)20-25-11-5-8-14-27(25)33(36)37)28(19-23-9-3-2-4-10-23)30(35)31-26-12-6-7-13-26/h2-5,8-11,14-18,26,28H,6-7,12-13,19-21H2,1H3,(H,31,35). The van der Waals surface area contributed by atoms with Gasteiger partial charge in [-0.15, -0.1) is 0 Å². The zero-order valence-corrected chi connectivity index (χ0v) is 21.1. The molecule has 1 atom stereocenters. The van der Waals surface area contributed by atoms with E-state index in [-0.39, 0.29) is 36.5 Å². The number of carbonyl (C=O) groups excluding carboxylic acids is 2. The normalized spacial score (nSPS) is 14.2. The number of nitrogens with one attached hydrogen (secondary N) is 1. The summed E-state index contributed by atoms with van der Waals surface area (Å²) in [4.78, 5) is 40.3. The Labute approximate surface area is 217 Å². The van der Waals surface area contributed by atoms with Gasteiger partial charge in [0.05, 0.1) is 11.3 Å². The lowest BCUT2D eigenvalue weighted by atomic mass is 10.0. The van der Waals surface area contributed by atoms with Crippen molar-refractivity contribution in [2.24, 2.45) is 0 Å². The summed E-state index contributed by atoms with van der Waals surface area (Å²) in [7, 11) is 0. The summed E-state index contributed by atoms with van der Waals surface area (Å²) in [6.45, 7) is 2.23. The largest absolute Gasteiger partial charge is 0.352 e. The summed E-state index contributed by atoms with van der Waals surface area (Å²) >= 11 is 0. The van der Waals surface area contributed by atoms with Crippen LogP contribution in [0.5, 0.6) is 0 Å². The summed E-state index contributed by atoms with van der Waals surface area (Å²) in [5.41, 5.74) is 3.18. The molecule has 192 valence electrons. The van der Waals surface area contributed by atoms with Crippen molar-refractivity contribution in [3.8, 4) is 0 Å². The predicted molar refractivity (Wildman–Crippen MR) is 143 cm³/mol. The van der Waals surface area contributed by atoms with Crippen molar-refractivity contribution in [3.05, 3.63) is 111 Å². The molecule has 0 saturated heterocycles. The van der Waals surface area contributed by atoms with Crippen LogP contribution in [0.2, 0.25) is 0 Å². The molecule has 0 bridgehead atoms. The average Bonchev–Trinajstić information content (AvgIpc) is 3.41. The fourth-order valence-corrected chi connectivity index (χ4v) is 4.91. The number of aryl methyl sites for hydroxylation is 1. The van der Waals surface area contributed by atoms with Gasteiger partial charge in [0, 0.05) is 30.6 Å². The second-order valence-corrected chi connectivity index (χ2v) is 9.77. The molecule has 1 aliphatic carbocycles. The fourth-order valence-electron chi connectivity index (χ4n) is 4.91. The molecule has 4 rings (SSSR count).